The molecule has 98 valence electrons. The van der Waals surface area contributed by atoms with Crippen molar-refractivity contribution >= 4 is 23.1 Å². The van der Waals surface area contributed by atoms with E-state index in [2.05, 4.69) is 12.1 Å². The number of amides is 1. The highest BCUT2D eigenvalue weighted by atomic mass is 32.1. The largest absolute Gasteiger partial charge is 0.392 e. The molecular weight excluding hydrogens is 244 g/mol. The van der Waals surface area contributed by atoms with Crippen molar-refractivity contribution in [3.8, 4) is 0 Å². The predicted molar refractivity (Wildman–Crippen MR) is 78.4 cm³/mol. The summed E-state index contributed by atoms with van der Waals surface area (Å²) in [5.74, 6) is 0.0891. The van der Waals surface area contributed by atoms with Crippen molar-refractivity contribution in [2.24, 2.45) is 5.73 Å². The Kier molecular flexibility index (Phi) is 5.78. The van der Waals surface area contributed by atoms with E-state index in [1.165, 1.54) is 5.56 Å². The zero-order valence-corrected chi connectivity index (χ0v) is 11.7. The third kappa shape index (κ3) is 4.45. The maximum absolute atomic E-state index is 11.9. The molecule has 1 unspecified atom stereocenters. The Morgan fingerprint density at radius 1 is 1.39 bits per heavy atom. The Bertz CT molecular complexity index is 406. The Morgan fingerprint density at radius 3 is 2.56 bits per heavy atom. The van der Waals surface area contributed by atoms with Crippen molar-refractivity contribution in [2.45, 2.75) is 32.2 Å². The van der Waals surface area contributed by atoms with Crippen LogP contribution in [0.1, 0.15) is 25.3 Å². The van der Waals surface area contributed by atoms with Gasteiger partial charge < -0.3 is 10.6 Å². The Hall–Kier alpha value is -1.42. The second-order valence-corrected chi connectivity index (χ2v) is 4.89. The molecule has 1 aromatic carbocycles. The summed E-state index contributed by atoms with van der Waals surface area (Å²) >= 11 is 4.89. The molecule has 4 heteroatoms. The van der Waals surface area contributed by atoms with Gasteiger partial charge in [0.15, 0.2) is 0 Å². The van der Waals surface area contributed by atoms with Gasteiger partial charge in [0.1, 0.15) is 0 Å². The summed E-state index contributed by atoms with van der Waals surface area (Å²) in [6.45, 7) is 1.84. The van der Waals surface area contributed by atoms with Crippen molar-refractivity contribution in [1.82, 2.24) is 4.90 Å². The zero-order chi connectivity index (χ0) is 13.5. The van der Waals surface area contributed by atoms with Gasteiger partial charge >= 0.3 is 0 Å². The van der Waals surface area contributed by atoms with Crippen molar-refractivity contribution < 1.29 is 4.79 Å². The quantitative estimate of drug-likeness (QED) is 0.801. The van der Waals surface area contributed by atoms with Crippen LogP contribution in [0, 0.1) is 0 Å². The van der Waals surface area contributed by atoms with Crippen molar-refractivity contribution in [2.75, 3.05) is 7.05 Å². The summed E-state index contributed by atoms with van der Waals surface area (Å²) in [7, 11) is 1.74. The number of hydrogen-bond acceptors (Lipinski definition) is 2. The van der Waals surface area contributed by atoms with Crippen LogP contribution in [0.4, 0.5) is 0 Å². The van der Waals surface area contributed by atoms with E-state index in [4.69, 9.17) is 18.0 Å². The minimum Gasteiger partial charge on any atom is -0.392 e. The number of carbonyl (C=O) groups is 1. The van der Waals surface area contributed by atoms with Gasteiger partial charge in [-0.05, 0) is 25.3 Å². The van der Waals surface area contributed by atoms with Crippen LogP contribution in [0.15, 0.2) is 30.3 Å². The number of nitrogens with zero attached hydrogens (tertiary/aromatic N) is 1. The minimum absolute atomic E-state index is 0.0891. The standard InChI is InChI=1S/C14H20N2OS/c1-11(14(15)18)16(2)13(17)10-6-9-12-7-4-3-5-8-12/h3-5,7-8,11H,6,9-10H2,1-2H3,(H2,15,18). The molecule has 0 aromatic heterocycles. The monoisotopic (exact) mass is 264 g/mol. The van der Waals surface area contributed by atoms with Gasteiger partial charge in [-0.2, -0.15) is 0 Å². The van der Waals surface area contributed by atoms with E-state index in [-0.39, 0.29) is 11.9 Å². The van der Waals surface area contributed by atoms with E-state index in [1.807, 2.05) is 25.1 Å². The number of nitrogens with two attached hydrogens (primary N) is 1. The molecule has 0 aliphatic carbocycles. The second kappa shape index (κ2) is 7.11. The first-order valence-electron chi connectivity index (χ1n) is 6.11. The van der Waals surface area contributed by atoms with Gasteiger partial charge in [0.25, 0.3) is 0 Å². The molecule has 0 bridgehead atoms. The van der Waals surface area contributed by atoms with Gasteiger partial charge in [0.05, 0.1) is 11.0 Å². The van der Waals surface area contributed by atoms with Gasteiger partial charge in [-0.1, -0.05) is 42.5 Å². The van der Waals surface area contributed by atoms with Crippen LogP contribution in [-0.4, -0.2) is 28.9 Å². The first-order valence-corrected chi connectivity index (χ1v) is 6.52. The second-order valence-electron chi connectivity index (χ2n) is 4.42. The van der Waals surface area contributed by atoms with Gasteiger partial charge in [0, 0.05) is 13.5 Å². The molecule has 0 spiro atoms. The number of carbonyl (C=O) groups excluding carboxylic acids is 1. The van der Waals surface area contributed by atoms with Crippen molar-refractivity contribution in [3.63, 3.8) is 0 Å². The number of thiocarbonyl (C=S) groups is 1. The lowest BCUT2D eigenvalue weighted by molar-refractivity contribution is -0.130. The summed E-state index contributed by atoms with van der Waals surface area (Å²) < 4.78 is 0. The third-order valence-electron chi connectivity index (χ3n) is 3.09. The summed E-state index contributed by atoms with van der Waals surface area (Å²) in [6, 6.07) is 9.99. The molecule has 0 saturated heterocycles. The number of likely N-dealkylation sites (N-methyl/N-ethyl adjacent to an activating group) is 1. The first-order chi connectivity index (χ1) is 8.52. The Morgan fingerprint density at radius 2 is 2.00 bits per heavy atom. The fourth-order valence-corrected chi connectivity index (χ4v) is 1.83. The fourth-order valence-electron chi connectivity index (χ4n) is 1.67. The molecule has 0 saturated carbocycles. The summed E-state index contributed by atoms with van der Waals surface area (Å²) in [4.78, 5) is 13.9. The predicted octanol–water partition coefficient (Wildman–Crippen LogP) is 2.14. The van der Waals surface area contributed by atoms with Crippen LogP contribution < -0.4 is 5.73 Å². The summed E-state index contributed by atoms with van der Waals surface area (Å²) in [5, 5.41) is 0. The molecule has 1 rings (SSSR count). The molecule has 0 aliphatic heterocycles. The lowest BCUT2D eigenvalue weighted by Crippen LogP contribution is -2.42. The van der Waals surface area contributed by atoms with Gasteiger partial charge in [-0.3, -0.25) is 4.79 Å². The van der Waals surface area contributed by atoms with E-state index in [0.29, 0.717) is 11.4 Å². The molecule has 0 heterocycles. The smallest absolute Gasteiger partial charge is 0.222 e. The minimum atomic E-state index is -0.177. The molecule has 18 heavy (non-hydrogen) atoms. The van der Waals surface area contributed by atoms with Crippen LogP contribution in [-0.2, 0) is 11.2 Å². The molecular formula is C14H20N2OS. The van der Waals surface area contributed by atoms with Crippen LogP contribution in [0.25, 0.3) is 0 Å². The lowest BCUT2D eigenvalue weighted by atomic mass is 10.1. The van der Waals surface area contributed by atoms with E-state index in [0.717, 1.165) is 12.8 Å². The lowest BCUT2D eigenvalue weighted by Gasteiger charge is -2.23. The Balaban J connectivity index is 2.35. The maximum atomic E-state index is 11.9. The molecule has 2 N–H and O–H groups in total. The fraction of sp³-hybridized carbons (Fsp3) is 0.429. The number of benzene rings is 1. The van der Waals surface area contributed by atoms with Crippen LogP contribution in [0.2, 0.25) is 0 Å². The highest BCUT2D eigenvalue weighted by molar-refractivity contribution is 7.80. The molecule has 1 atom stereocenters. The van der Waals surface area contributed by atoms with Crippen LogP contribution in [0.3, 0.4) is 0 Å². The molecule has 1 aromatic rings. The molecule has 1 amide bonds. The number of aryl methyl sites for hydroxylation is 1. The average molecular weight is 264 g/mol. The summed E-state index contributed by atoms with van der Waals surface area (Å²) in [5.41, 5.74) is 6.79. The van der Waals surface area contributed by atoms with E-state index >= 15 is 0 Å². The van der Waals surface area contributed by atoms with Crippen LogP contribution in [0.5, 0.6) is 0 Å². The van der Waals surface area contributed by atoms with E-state index in [9.17, 15) is 4.79 Å². The third-order valence-corrected chi connectivity index (χ3v) is 3.43. The molecule has 0 fully saturated rings. The SMILES string of the molecule is CC(C(N)=S)N(C)C(=O)CCCc1ccccc1. The van der Waals surface area contributed by atoms with Gasteiger partial charge in [0.2, 0.25) is 5.91 Å². The Labute approximate surface area is 114 Å². The molecule has 3 nitrogen and oxygen atoms in total. The van der Waals surface area contributed by atoms with Crippen molar-refractivity contribution in [3.05, 3.63) is 35.9 Å². The highest BCUT2D eigenvalue weighted by Crippen LogP contribution is 2.07. The van der Waals surface area contributed by atoms with E-state index < -0.39 is 0 Å². The highest BCUT2D eigenvalue weighted by Gasteiger charge is 2.16. The number of hydrogen-bond donors (Lipinski definition) is 1. The maximum Gasteiger partial charge on any atom is 0.222 e. The first kappa shape index (κ1) is 14.6. The van der Waals surface area contributed by atoms with Gasteiger partial charge in [-0.25, -0.2) is 0 Å². The van der Waals surface area contributed by atoms with E-state index in [1.54, 1.807) is 11.9 Å². The van der Waals surface area contributed by atoms with Crippen molar-refractivity contribution in [1.29, 1.82) is 0 Å². The zero-order valence-electron chi connectivity index (χ0n) is 10.9. The average Bonchev–Trinajstić information content (AvgIpc) is 2.38. The van der Waals surface area contributed by atoms with Crippen LogP contribution >= 0.6 is 12.2 Å². The molecule has 0 aliphatic rings. The molecule has 0 radical (unpaired) electrons. The van der Waals surface area contributed by atoms with Gasteiger partial charge in [-0.15, -0.1) is 0 Å². The topological polar surface area (TPSA) is 46.3 Å². The number of rotatable bonds is 6. The normalized spacial score (nSPS) is 11.9. The summed E-state index contributed by atoms with van der Waals surface area (Å²) in [6.07, 6.45) is 2.29.